The van der Waals surface area contributed by atoms with Gasteiger partial charge in [0, 0.05) is 37.9 Å². The zero-order valence-electron chi connectivity index (χ0n) is 13.6. The lowest BCUT2D eigenvalue weighted by atomic mass is 10.1. The fourth-order valence-corrected chi connectivity index (χ4v) is 3.22. The van der Waals surface area contributed by atoms with Crippen LogP contribution in [0.3, 0.4) is 0 Å². The molecule has 2 heterocycles. The van der Waals surface area contributed by atoms with Crippen molar-refractivity contribution in [2.45, 2.75) is 26.5 Å². The molecular formula is C17H21ClFN3O. The van der Waals surface area contributed by atoms with E-state index >= 15 is 0 Å². The average molecular weight is 338 g/mol. The number of ether oxygens (including phenoxy) is 1. The van der Waals surface area contributed by atoms with Crippen molar-refractivity contribution in [2.24, 2.45) is 7.05 Å². The van der Waals surface area contributed by atoms with Crippen molar-refractivity contribution >= 4 is 11.6 Å². The van der Waals surface area contributed by atoms with Gasteiger partial charge in [-0.3, -0.25) is 9.58 Å². The van der Waals surface area contributed by atoms with Crippen molar-refractivity contribution in [2.75, 3.05) is 19.7 Å². The van der Waals surface area contributed by atoms with Crippen molar-refractivity contribution in [1.29, 1.82) is 0 Å². The van der Waals surface area contributed by atoms with Crippen LogP contribution in [-0.2, 0) is 18.3 Å². The number of rotatable bonds is 3. The first-order valence-corrected chi connectivity index (χ1v) is 8.11. The molecule has 2 aromatic rings. The zero-order valence-corrected chi connectivity index (χ0v) is 14.4. The third-order valence-corrected chi connectivity index (χ3v) is 4.80. The molecule has 23 heavy (non-hydrogen) atoms. The zero-order chi connectivity index (χ0) is 16.6. The molecule has 3 rings (SSSR count). The highest BCUT2D eigenvalue weighted by Crippen LogP contribution is 2.27. The lowest BCUT2D eigenvalue weighted by Gasteiger charge is -2.33. The Morgan fingerprint density at radius 2 is 2.17 bits per heavy atom. The average Bonchev–Trinajstić information content (AvgIpc) is 2.77. The van der Waals surface area contributed by atoms with E-state index in [-0.39, 0.29) is 11.1 Å². The summed E-state index contributed by atoms with van der Waals surface area (Å²) >= 11 is 5.89. The van der Waals surface area contributed by atoms with E-state index in [0.717, 1.165) is 30.9 Å². The minimum absolute atomic E-state index is 0.0841. The highest BCUT2D eigenvalue weighted by atomic mass is 35.5. The van der Waals surface area contributed by atoms with E-state index in [9.17, 15) is 4.39 Å². The summed E-state index contributed by atoms with van der Waals surface area (Å²) in [5.41, 5.74) is 4.44. The van der Waals surface area contributed by atoms with Crippen LogP contribution >= 0.6 is 11.6 Å². The Labute approximate surface area is 140 Å². The Bertz CT molecular complexity index is 716. The maximum absolute atomic E-state index is 13.3. The van der Waals surface area contributed by atoms with Gasteiger partial charge in [-0.25, -0.2) is 4.39 Å². The predicted molar refractivity (Wildman–Crippen MR) is 88.1 cm³/mol. The summed E-state index contributed by atoms with van der Waals surface area (Å²) in [6.07, 6.45) is -0.0841. The van der Waals surface area contributed by atoms with Crippen molar-refractivity contribution in [3.05, 3.63) is 51.6 Å². The van der Waals surface area contributed by atoms with Gasteiger partial charge >= 0.3 is 0 Å². The van der Waals surface area contributed by atoms with E-state index in [1.165, 1.54) is 17.3 Å². The quantitative estimate of drug-likeness (QED) is 0.860. The van der Waals surface area contributed by atoms with Crippen LogP contribution in [0.5, 0.6) is 0 Å². The van der Waals surface area contributed by atoms with Crippen LogP contribution in [0.25, 0.3) is 0 Å². The first-order chi connectivity index (χ1) is 11.0. The first kappa shape index (κ1) is 16.4. The van der Waals surface area contributed by atoms with E-state index in [2.05, 4.69) is 16.9 Å². The van der Waals surface area contributed by atoms with Gasteiger partial charge in [0.25, 0.3) is 0 Å². The molecule has 0 spiro atoms. The predicted octanol–water partition coefficient (Wildman–Crippen LogP) is 3.40. The van der Waals surface area contributed by atoms with E-state index in [1.54, 1.807) is 12.1 Å². The summed E-state index contributed by atoms with van der Waals surface area (Å²) in [7, 11) is 1.97. The van der Waals surface area contributed by atoms with Crippen LogP contribution < -0.4 is 0 Å². The highest BCUT2D eigenvalue weighted by molar-refractivity contribution is 6.30. The molecule has 1 fully saturated rings. The second kappa shape index (κ2) is 6.59. The largest absolute Gasteiger partial charge is 0.371 e. The molecule has 124 valence electrons. The van der Waals surface area contributed by atoms with Crippen LogP contribution in [0.2, 0.25) is 5.02 Å². The highest BCUT2D eigenvalue weighted by Gasteiger charge is 2.24. The number of aromatic nitrogens is 2. The maximum Gasteiger partial charge on any atom is 0.141 e. The van der Waals surface area contributed by atoms with E-state index in [0.29, 0.717) is 6.61 Å². The second-order valence-electron chi connectivity index (χ2n) is 6.04. The van der Waals surface area contributed by atoms with Crippen LogP contribution in [0, 0.1) is 19.7 Å². The summed E-state index contributed by atoms with van der Waals surface area (Å²) in [6, 6.07) is 4.80. The van der Waals surface area contributed by atoms with Crippen LogP contribution in [-0.4, -0.2) is 34.4 Å². The van der Waals surface area contributed by atoms with Gasteiger partial charge < -0.3 is 4.74 Å². The van der Waals surface area contributed by atoms with Gasteiger partial charge in [0.1, 0.15) is 5.82 Å². The molecule has 0 N–H and O–H groups in total. The molecule has 1 atom stereocenters. The minimum atomic E-state index is -0.398. The van der Waals surface area contributed by atoms with Crippen molar-refractivity contribution in [3.63, 3.8) is 0 Å². The van der Waals surface area contributed by atoms with E-state index < -0.39 is 5.82 Å². The monoisotopic (exact) mass is 337 g/mol. The first-order valence-electron chi connectivity index (χ1n) is 7.73. The fraction of sp³-hybridized carbons (Fsp3) is 0.471. The SMILES string of the molecule is Cc1nn(C)c(C)c1CN1CCOC(c2ccc(F)c(Cl)c2)C1. The summed E-state index contributed by atoms with van der Waals surface area (Å²) in [4.78, 5) is 2.35. The molecule has 0 saturated carbocycles. The van der Waals surface area contributed by atoms with Gasteiger partial charge in [-0.1, -0.05) is 17.7 Å². The van der Waals surface area contributed by atoms with Gasteiger partial charge in [0.05, 0.1) is 23.4 Å². The Kier molecular flexibility index (Phi) is 4.71. The van der Waals surface area contributed by atoms with Crippen LogP contribution in [0.4, 0.5) is 4.39 Å². The lowest BCUT2D eigenvalue weighted by molar-refractivity contribution is -0.0330. The number of hydrogen-bond acceptors (Lipinski definition) is 3. The molecule has 1 saturated heterocycles. The van der Waals surface area contributed by atoms with Gasteiger partial charge in [-0.2, -0.15) is 5.10 Å². The Morgan fingerprint density at radius 3 is 2.83 bits per heavy atom. The van der Waals surface area contributed by atoms with E-state index in [1.807, 2.05) is 18.7 Å². The fourth-order valence-electron chi connectivity index (χ4n) is 3.03. The molecular weight excluding hydrogens is 317 g/mol. The van der Waals surface area contributed by atoms with Gasteiger partial charge in [-0.15, -0.1) is 0 Å². The number of nitrogens with zero attached hydrogens (tertiary/aromatic N) is 3. The summed E-state index contributed by atoms with van der Waals surface area (Å²) in [5, 5.41) is 4.62. The topological polar surface area (TPSA) is 30.3 Å². The maximum atomic E-state index is 13.3. The molecule has 0 bridgehead atoms. The Hall–Kier alpha value is -1.43. The number of halogens is 2. The standard InChI is InChI=1S/C17H21ClFN3O/c1-11-14(12(2)21(3)20-11)9-22-6-7-23-17(10-22)13-4-5-16(19)15(18)8-13/h4-5,8,17H,6-7,9-10H2,1-3H3. The third kappa shape index (κ3) is 3.42. The number of morpholine rings is 1. The number of hydrogen-bond donors (Lipinski definition) is 0. The molecule has 1 unspecified atom stereocenters. The third-order valence-electron chi connectivity index (χ3n) is 4.51. The summed E-state index contributed by atoms with van der Waals surface area (Å²) < 4.78 is 21.1. The van der Waals surface area contributed by atoms with Crippen LogP contribution in [0.15, 0.2) is 18.2 Å². The van der Waals surface area contributed by atoms with Gasteiger partial charge in [0.2, 0.25) is 0 Å². The van der Waals surface area contributed by atoms with E-state index in [4.69, 9.17) is 16.3 Å². The van der Waals surface area contributed by atoms with Crippen molar-refractivity contribution in [1.82, 2.24) is 14.7 Å². The Morgan fingerprint density at radius 1 is 1.39 bits per heavy atom. The summed E-state index contributed by atoms with van der Waals surface area (Å²) in [5.74, 6) is -0.398. The minimum Gasteiger partial charge on any atom is -0.371 e. The van der Waals surface area contributed by atoms with Crippen LogP contribution in [0.1, 0.15) is 28.6 Å². The molecule has 1 aliphatic heterocycles. The lowest BCUT2D eigenvalue weighted by Crippen LogP contribution is -2.38. The molecule has 1 aromatic heterocycles. The molecule has 4 nitrogen and oxygen atoms in total. The normalized spacial score (nSPS) is 19.3. The van der Waals surface area contributed by atoms with Gasteiger partial charge in [0.15, 0.2) is 0 Å². The molecule has 0 radical (unpaired) electrons. The number of aryl methyl sites for hydroxylation is 2. The summed E-state index contributed by atoms with van der Waals surface area (Å²) in [6.45, 7) is 7.26. The van der Waals surface area contributed by atoms with Gasteiger partial charge in [-0.05, 0) is 31.5 Å². The second-order valence-corrected chi connectivity index (χ2v) is 6.45. The van der Waals surface area contributed by atoms with Crippen molar-refractivity contribution in [3.8, 4) is 0 Å². The molecule has 0 amide bonds. The number of benzene rings is 1. The van der Waals surface area contributed by atoms with Crippen molar-refractivity contribution < 1.29 is 9.13 Å². The molecule has 1 aromatic carbocycles. The molecule has 1 aliphatic rings. The smallest absolute Gasteiger partial charge is 0.141 e. The Balaban J connectivity index is 1.74. The molecule has 6 heteroatoms. The molecule has 0 aliphatic carbocycles.